The van der Waals surface area contributed by atoms with E-state index in [0.717, 1.165) is 23.5 Å². The van der Waals surface area contributed by atoms with Crippen LogP contribution in [0.25, 0.3) is 5.57 Å². The molecular formula is C15H20O2. The Hall–Kier alpha value is -1.44. The lowest BCUT2D eigenvalue weighted by molar-refractivity contribution is 0.349. The Morgan fingerprint density at radius 3 is 2.41 bits per heavy atom. The maximum Gasteiger partial charge on any atom is 0.164 e. The molecule has 0 amide bonds. The van der Waals surface area contributed by atoms with E-state index in [1.54, 1.807) is 14.2 Å². The second-order valence-corrected chi connectivity index (χ2v) is 4.45. The van der Waals surface area contributed by atoms with Gasteiger partial charge < -0.3 is 9.47 Å². The third-order valence-corrected chi connectivity index (χ3v) is 3.50. The zero-order valence-corrected chi connectivity index (χ0v) is 11.1. The van der Waals surface area contributed by atoms with Gasteiger partial charge in [0.1, 0.15) is 0 Å². The van der Waals surface area contributed by atoms with Gasteiger partial charge in [0, 0.05) is 5.56 Å². The summed E-state index contributed by atoms with van der Waals surface area (Å²) in [4.78, 5) is 0. The Balaban J connectivity index is 2.69. The van der Waals surface area contributed by atoms with Crippen molar-refractivity contribution in [2.24, 2.45) is 0 Å². The zero-order valence-electron chi connectivity index (χ0n) is 11.1. The van der Waals surface area contributed by atoms with Gasteiger partial charge in [-0.1, -0.05) is 6.08 Å². The van der Waals surface area contributed by atoms with E-state index in [2.05, 4.69) is 26.0 Å². The molecule has 17 heavy (non-hydrogen) atoms. The van der Waals surface area contributed by atoms with Gasteiger partial charge in [-0.15, -0.1) is 0 Å². The van der Waals surface area contributed by atoms with Crippen molar-refractivity contribution >= 4 is 5.57 Å². The topological polar surface area (TPSA) is 18.5 Å². The van der Waals surface area contributed by atoms with Gasteiger partial charge in [-0.25, -0.2) is 0 Å². The number of hydrogen-bond donors (Lipinski definition) is 0. The fourth-order valence-corrected chi connectivity index (χ4v) is 2.70. The number of hydrogen-bond acceptors (Lipinski definition) is 2. The molecule has 2 heteroatoms. The number of aryl methyl sites for hydroxylation is 1. The minimum absolute atomic E-state index is 0.878. The molecular weight excluding hydrogens is 212 g/mol. The zero-order chi connectivity index (χ0) is 12.4. The van der Waals surface area contributed by atoms with E-state index in [1.807, 2.05) is 0 Å². The molecule has 0 bridgehead atoms. The number of fused-ring (bicyclic) bond motifs is 1. The normalized spacial score (nSPS) is 16.8. The molecule has 0 aromatic heterocycles. The van der Waals surface area contributed by atoms with E-state index < -0.39 is 0 Å². The SMILES string of the molecule is C/C=C1\CCCc2c1cc(C)c(OC)c2OC. The van der Waals surface area contributed by atoms with Gasteiger partial charge in [-0.3, -0.25) is 0 Å². The van der Waals surface area contributed by atoms with Crippen molar-refractivity contribution in [1.29, 1.82) is 0 Å². The standard InChI is InChI=1S/C15H20O2/c1-5-11-7-6-8-12-13(11)9-10(2)14(16-3)15(12)17-4/h5,9H,6-8H2,1-4H3/b11-5+. The lowest BCUT2D eigenvalue weighted by Gasteiger charge is -2.24. The molecule has 1 aromatic carbocycles. The molecule has 0 atom stereocenters. The van der Waals surface area contributed by atoms with Gasteiger partial charge in [-0.05, 0) is 55.9 Å². The van der Waals surface area contributed by atoms with Crippen molar-refractivity contribution in [2.75, 3.05) is 14.2 Å². The van der Waals surface area contributed by atoms with Gasteiger partial charge in [0.05, 0.1) is 14.2 Å². The second-order valence-electron chi connectivity index (χ2n) is 4.45. The van der Waals surface area contributed by atoms with Crippen LogP contribution in [0.4, 0.5) is 0 Å². The number of allylic oxidation sites excluding steroid dienone is 2. The molecule has 92 valence electrons. The minimum atomic E-state index is 0.878. The quantitative estimate of drug-likeness (QED) is 0.773. The Bertz CT molecular complexity index is 458. The molecule has 0 saturated heterocycles. The first-order valence-corrected chi connectivity index (χ1v) is 6.13. The number of rotatable bonds is 2. The minimum Gasteiger partial charge on any atom is -0.493 e. The predicted molar refractivity (Wildman–Crippen MR) is 70.9 cm³/mol. The molecule has 0 radical (unpaired) electrons. The van der Waals surface area contributed by atoms with E-state index >= 15 is 0 Å². The molecule has 0 heterocycles. The molecule has 1 aliphatic rings. The van der Waals surface area contributed by atoms with Crippen LogP contribution in [0, 0.1) is 6.92 Å². The van der Waals surface area contributed by atoms with Gasteiger partial charge in [0.25, 0.3) is 0 Å². The summed E-state index contributed by atoms with van der Waals surface area (Å²) in [7, 11) is 3.43. The van der Waals surface area contributed by atoms with Crippen LogP contribution in [-0.4, -0.2) is 14.2 Å². The lowest BCUT2D eigenvalue weighted by atomic mass is 9.85. The Morgan fingerprint density at radius 1 is 1.12 bits per heavy atom. The lowest BCUT2D eigenvalue weighted by Crippen LogP contribution is -2.07. The molecule has 0 spiro atoms. The average molecular weight is 232 g/mol. The van der Waals surface area contributed by atoms with Gasteiger partial charge in [0.15, 0.2) is 11.5 Å². The monoisotopic (exact) mass is 232 g/mol. The van der Waals surface area contributed by atoms with E-state index in [0.29, 0.717) is 0 Å². The summed E-state index contributed by atoms with van der Waals surface area (Å²) in [6.07, 6.45) is 5.64. The van der Waals surface area contributed by atoms with Crippen molar-refractivity contribution in [3.05, 3.63) is 28.8 Å². The Labute approximate surface area is 103 Å². The number of ether oxygens (including phenoxy) is 2. The largest absolute Gasteiger partial charge is 0.493 e. The first-order chi connectivity index (χ1) is 8.22. The van der Waals surface area contributed by atoms with Crippen molar-refractivity contribution in [3.8, 4) is 11.5 Å². The summed E-state index contributed by atoms with van der Waals surface area (Å²) in [6.45, 7) is 4.18. The molecule has 0 fully saturated rings. The van der Waals surface area contributed by atoms with E-state index in [9.17, 15) is 0 Å². The highest BCUT2D eigenvalue weighted by Crippen LogP contribution is 2.43. The first kappa shape index (κ1) is 12.0. The van der Waals surface area contributed by atoms with Crippen LogP contribution < -0.4 is 9.47 Å². The molecule has 2 nitrogen and oxygen atoms in total. The van der Waals surface area contributed by atoms with Crippen LogP contribution in [0.1, 0.15) is 36.5 Å². The maximum atomic E-state index is 5.56. The van der Waals surface area contributed by atoms with Crippen LogP contribution in [0.5, 0.6) is 11.5 Å². The highest BCUT2D eigenvalue weighted by molar-refractivity contribution is 5.75. The van der Waals surface area contributed by atoms with Crippen molar-refractivity contribution in [2.45, 2.75) is 33.1 Å². The highest BCUT2D eigenvalue weighted by Gasteiger charge is 2.22. The van der Waals surface area contributed by atoms with Gasteiger partial charge >= 0.3 is 0 Å². The molecule has 0 unspecified atom stereocenters. The Kier molecular flexibility index (Phi) is 3.41. The molecule has 1 aromatic rings. The maximum absolute atomic E-state index is 5.56. The average Bonchev–Trinajstić information content (AvgIpc) is 2.36. The van der Waals surface area contributed by atoms with Crippen molar-refractivity contribution in [3.63, 3.8) is 0 Å². The second kappa shape index (κ2) is 4.82. The fourth-order valence-electron chi connectivity index (χ4n) is 2.70. The summed E-state index contributed by atoms with van der Waals surface area (Å²) in [5.41, 5.74) is 5.21. The highest BCUT2D eigenvalue weighted by atomic mass is 16.5. The summed E-state index contributed by atoms with van der Waals surface area (Å²) in [5.74, 6) is 1.80. The third kappa shape index (κ3) is 1.92. The van der Waals surface area contributed by atoms with E-state index in [1.165, 1.54) is 29.5 Å². The predicted octanol–water partition coefficient (Wildman–Crippen LogP) is 3.75. The summed E-state index contributed by atoms with van der Waals surface area (Å²) < 4.78 is 11.0. The van der Waals surface area contributed by atoms with Crippen molar-refractivity contribution in [1.82, 2.24) is 0 Å². The van der Waals surface area contributed by atoms with E-state index in [4.69, 9.17) is 9.47 Å². The smallest absolute Gasteiger partial charge is 0.164 e. The van der Waals surface area contributed by atoms with Gasteiger partial charge in [0.2, 0.25) is 0 Å². The molecule has 0 N–H and O–H groups in total. The molecule has 2 rings (SSSR count). The summed E-state index contributed by atoms with van der Waals surface area (Å²) in [6, 6.07) is 2.23. The molecule has 1 aliphatic carbocycles. The first-order valence-electron chi connectivity index (χ1n) is 6.13. The van der Waals surface area contributed by atoms with Gasteiger partial charge in [-0.2, -0.15) is 0 Å². The third-order valence-electron chi connectivity index (χ3n) is 3.50. The van der Waals surface area contributed by atoms with Crippen LogP contribution in [0.2, 0.25) is 0 Å². The van der Waals surface area contributed by atoms with Crippen LogP contribution in [0.3, 0.4) is 0 Å². The fraction of sp³-hybridized carbons (Fsp3) is 0.467. The summed E-state index contributed by atoms with van der Waals surface area (Å²) >= 11 is 0. The Morgan fingerprint density at radius 2 is 1.82 bits per heavy atom. The summed E-state index contributed by atoms with van der Waals surface area (Å²) in [5, 5.41) is 0. The number of benzene rings is 1. The number of methoxy groups -OCH3 is 2. The molecule has 0 saturated carbocycles. The molecule has 0 aliphatic heterocycles. The van der Waals surface area contributed by atoms with E-state index in [-0.39, 0.29) is 0 Å². The van der Waals surface area contributed by atoms with Crippen LogP contribution in [0.15, 0.2) is 12.1 Å². The van der Waals surface area contributed by atoms with Crippen molar-refractivity contribution < 1.29 is 9.47 Å². The van der Waals surface area contributed by atoms with Crippen LogP contribution >= 0.6 is 0 Å². The van der Waals surface area contributed by atoms with Crippen LogP contribution in [-0.2, 0) is 6.42 Å².